The highest BCUT2D eigenvalue weighted by atomic mass is 16.5. The van der Waals surface area contributed by atoms with Gasteiger partial charge in [-0.05, 0) is 24.9 Å². The molecule has 1 fully saturated rings. The van der Waals surface area contributed by atoms with Gasteiger partial charge < -0.3 is 15.2 Å². The molecule has 4 rings (SSSR count). The highest BCUT2D eigenvalue weighted by molar-refractivity contribution is 6.01. The Morgan fingerprint density at radius 2 is 2.24 bits per heavy atom. The van der Waals surface area contributed by atoms with Crippen molar-refractivity contribution in [1.29, 1.82) is 0 Å². The fraction of sp³-hybridized carbons (Fsp3) is 0.294. The van der Waals surface area contributed by atoms with E-state index < -0.39 is 5.91 Å². The van der Waals surface area contributed by atoms with Crippen LogP contribution in [0.1, 0.15) is 41.0 Å². The maximum atomic E-state index is 12.3. The lowest BCUT2D eigenvalue weighted by Crippen LogP contribution is -2.15. The van der Waals surface area contributed by atoms with Crippen molar-refractivity contribution in [3.8, 4) is 0 Å². The van der Waals surface area contributed by atoms with Gasteiger partial charge in [-0.25, -0.2) is 0 Å². The van der Waals surface area contributed by atoms with Crippen molar-refractivity contribution in [3.63, 3.8) is 0 Å². The Morgan fingerprint density at radius 3 is 3.04 bits per heavy atom. The van der Waals surface area contributed by atoms with Crippen molar-refractivity contribution in [2.45, 2.75) is 25.4 Å². The third kappa shape index (κ3) is 3.58. The van der Waals surface area contributed by atoms with Crippen molar-refractivity contribution < 1.29 is 9.32 Å². The van der Waals surface area contributed by atoms with E-state index in [9.17, 15) is 4.79 Å². The van der Waals surface area contributed by atoms with Gasteiger partial charge >= 0.3 is 0 Å². The molecule has 3 heterocycles. The number of rotatable bonds is 5. The predicted molar refractivity (Wildman–Crippen MR) is 90.0 cm³/mol. The van der Waals surface area contributed by atoms with Crippen LogP contribution in [-0.2, 0) is 6.54 Å². The summed E-state index contributed by atoms with van der Waals surface area (Å²) < 4.78 is 6.95. The van der Waals surface area contributed by atoms with Gasteiger partial charge in [0, 0.05) is 6.20 Å². The molecule has 1 atom stereocenters. The Hall–Kier alpha value is -3.00. The molecule has 1 saturated heterocycles. The van der Waals surface area contributed by atoms with Crippen molar-refractivity contribution in [1.82, 2.24) is 25.2 Å². The monoisotopic (exact) mass is 338 g/mol. The third-order valence-electron chi connectivity index (χ3n) is 4.08. The Bertz CT molecular complexity index is 851. The van der Waals surface area contributed by atoms with Crippen molar-refractivity contribution in [2.24, 2.45) is 0 Å². The van der Waals surface area contributed by atoms with E-state index in [-0.39, 0.29) is 11.9 Å². The van der Waals surface area contributed by atoms with Gasteiger partial charge in [0.05, 0.1) is 24.5 Å². The Labute approximate surface area is 144 Å². The van der Waals surface area contributed by atoms with Gasteiger partial charge in [-0.2, -0.15) is 10.1 Å². The van der Waals surface area contributed by atoms with Crippen LogP contribution < -0.4 is 10.6 Å². The number of hydrogen-bond donors (Lipinski definition) is 2. The molecule has 1 amide bonds. The largest absolute Gasteiger partial charge is 0.337 e. The Kier molecular flexibility index (Phi) is 4.26. The predicted octanol–water partition coefficient (Wildman–Crippen LogP) is 1.99. The Balaban J connectivity index is 1.39. The number of nitrogens with one attached hydrogen (secondary N) is 2. The zero-order chi connectivity index (χ0) is 17.1. The molecule has 8 nitrogen and oxygen atoms in total. The summed E-state index contributed by atoms with van der Waals surface area (Å²) in [5.41, 5.74) is 1.72. The molecule has 0 aliphatic carbocycles. The van der Waals surface area contributed by atoms with E-state index in [2.05, 4.69) is 25.9 Å². The smallest absolute Gasteiger partial charge is 0.297 e. The molecule has 8 heteroatoms. The molecule has 2 N–H and O–H groups in total. The van der Waals surface area contributed by atoms with Crippen LogP contribution in [0.2, 0.25) is 0 Å². The first-order valence-electron chi connectivity index (χ1n) is 8.23. The van der Waals surface area contributed by atoms with Crippen LogP contribution in [0.25, 0.3) is 0 Å². The van der Waals surface area contributed by atoms with Crippen LogP contribution in [-0.4, -0.2) is 32.4 Å². The van der Waals surface area contributed by atoms with Crippen LogP contribution in [0.3, 0.4) is 0 Å². The molecule has 25 heavy (non-hydrogen) atoms. The minimum absolute atomic E-state index is 0.0273. The highest BCUT2D eigenvalue weighted by Crippen LogP contribution is 2.21. The van der Waals surface area contributed by atoms with Gasteiger partial charge in [0.2, 0.25) is 5.89 Å². The lowest BCUT2D eigenvalue weighted by Gasteiger charge is -2.01. The summed E-state index contributed by atoms with van der Waals surface area (Å²) in [6.45, 7) is 1.56. The minimum Gasteiger partial charge on any atom is -0.337 e. The van der Waals surface area contributed by atoms with E-state index in [1.54, 1.807) is 17.1 Å². The summed E-state index contributed by atoms with van der Waals surface area (Å²) in [5, 5.41) is 14.0. The number of carbonyl (C=O) groups excluding carboxylic acids is 1. The normalized spacial score (nSPS) is 16.9. The molecule has 2 aromatic heterocycles. The number of aromatic nitrogens is 4. The number of benzene rings is 1. The van der Waals surface area contributed by atoms with E-state index >= 15 is 0 Å². The molecule has 128 valence electrons. The van der Waals surface area contributed by atoms with Crippen molar-refractivity contribution in [2.75, 3.05) is 11.9 Å². The van der Waals surface area contributed by atoms with Crippen molar-refractivity contribution in [3.05, 3.63) is 60.0 Å². The molecule has 0 spiro atoms. The van der Waals surface area contributed by atoms with Gasteiger partial charge in [-0.3, -0.25) is 9.48 Å². The Morgan fingerprint density at radius 1 is 1.36 bits per heavy atom. The van der Waals surface area contributed by atoms with Crippen LogP contribution in [0, 0.1) is 0 Å². The molecule has 1 aromatic carbocycles. The summed E-state index contributed by atoms with van der Waals surface area (Å²) in [6, 6.07) is 10.0. The fourth-order valence-corrected chi connectivity index (χ4v) is 2.84. The maximum absolute atomic E-state index is 12.3. The lowest BCUT2D eigenvalue weighted by atomic mass is 10.2. The second kappa shape index (κ2) is 6.86. The minimum atomic E-state index is -0.410. The van der Waals surface area contributed by atoms with E-state index in [0.29, 0.717) is 18.1 Å². The van der Waals surface area contributed by atoms with Gasteiger partial charge in [0.1, 0.15) is 0 Å². The number of anilines is 1. The molecule has 0 radical (unpaired) electrons. The van der Waals surface area contributed by atoms with Crippen LogP contribution in [0.15, 0.2) is 47.2 Å². The van der Waals surface area contributed by atoms with Crippen molar-refractivity contribution >= 4 is 11.6 Å². The molecule has 1 unspecified atom stereocenters. The van der Waals surface area contributed by atoms with Crippen LogP contribution in [0.5, 0.6) is 0 Å². The fourth-order valence-electron chi connectivity index (χ4n) is 2.84. The molecule has 3 aromatic rings. The van der Waals surface area contributed by atoms with E-state index in [0.717, 1.165) is 24.9 Å². The molecule has 1 aliphatic heterocycles. The zero-order valence-corrected chi connectivity index (χ0v) is 13.6. The molecule has 0 saturated carbocycles. The summed E-state index contributed by atoms with van der Waals surface area (Å²) in [4.78, 5) is 16.4. The van der Waals surface area contributed by atoms with E-state index in [1.165, 1.54) is 0 Å². The van der Waals surface area contributed by atoms with E-state index in [4.69, 9.17) is 4.52 Å². The maximum Gasteiger partial charge on any atom is 0.297 e. The summed E-state index contributed by atoms with van der Waals surface area (Å²) >= 11 is 0. The second-order valence-electron chi connectivity index (χ2n) is 5.97. The number of nitrogens with zero attached hydrogens (tertiary/aromatic N) is 4. The zero-order valence-electron chi connectivity index (χ0n) is 13.6. The standard InChI is InChI=1S/C17H18N6O2/c24-16(15-21-17(25-22-15)14-7-4-8-18-14)20-13-9-19-23(11-13)10-12-5-2-1-3-6-12/h1-3,5-6,9,11,14,18H,4,7-8,10H2,(H,20,24). The van der Waals surface area contributed by atoms with Gasteiger partial charge in [0.15, 0.2) is 0 Å². The first kappa shape index (κ1) is 15.5. The quantitative estimate of drug-likeness (QED) is 0.738. The lowest BCUT2D eigenvalue weighted by molar-refractivity contribution is 0.101. The van der Waals surface area contributed by atoms with E-state index in [1.807, 2.05) is 30.3 Å². The van der Waals surface area contributed by atoms with Gasteiger partial charge in [-0.1, -0.05) is 35.5 Å². The molecule has 0 bridgehead atoms. The third-order valence-corrected chi connectivity index (χ3v) is 4.08. The number of hydrogen-bond acceptors (Lipinski definition) is 6. The van der Waals surface area contributed by atoms with Crippen LogP contribution >= 0.6 is 0 Å². The number of amides is 1. The summed E-state index contributed by atoms with van der Waals surface area (Å²) in [7, 11) is 0. The topological polar surface area (TPSA) is 97.9 Å². The molecule has 1 aliphatic rings. The van der Waals surface area contributed by atoms with Crippen LogP contribution in [0.4, 0.5) is 5.69 Å². The average molecular weight is 338 g/mol. The summed E-state index contributed by atoms with van der Waals surface area (Å²) in [6.07, 6.45) is 5.37. The first-order chi connectivity index (χ1) is 12.3. The van der Waals surface area contributed by atoms with Gasteiger partial charge in [-0.15, -0.1) is 0 Å². The highest BCUT2D eigenvalue weighted by Gasteiger charge is 2.24. The molecular weight excluding hydrogens is 320 g/mol. The average Bonchev–Trinajstić information content (AvgIpc) is 3.37. The first-order valence-corrected chi connectivity index (χ1v) is 8.23. The SMILES string of the molecule is O=C(Nc1cnn(Cc2ccccc2)c1)c1noc(C2CCCN2)n1. The van der Waals surface area contributed by atoms with Gasteiger partial charge in [0.25, 0.3) is 11.7 Å². The molecular formula is C17H18N6O2. The number of carbonyl (C=O) groups is 1. The second-order valence-corrected chi connectivity index (χ2v) is 5.97. The summed E-state index contributed by atoms with van der Waals surface area (Å²) in [5.74, 6) is 0.0780.